The van der Waals surface area contributed by atoms with E-state index >= 15 is 0 Å². The van der Waals surface area contributed by atoms with Crippen molar-refractivity contribution in [3.63, 3.8) is 0 Å². The van der Waals surface area contributed by atoms with Crippen LogP contribution in [0.2, 0.25) is 0 Å². The molecule has 0 spiro atoms. The van der Waals surface area contributed by atoms with Gasteiger partial charge in [-0.2, -0.15) is 0 Å². The molecule has 0 bridgehead atoms. The zero-order valence-corrected chi connectivity index (χ0v) is 16.2. The number of rotatable bonds is 5. The Kier molecular flexibility index (Phi) is 6.00. The van der Waals surface area contributed by atoms with Gasteiger partial charge in [0, 0.05) is 23.0 Å². The Hall–Kier alpha value is -2.15. The fourth-order valence-electron chi connectivity index (χ4n) is 2.71. The minimum atomic E-state index is -0.598. The molecule has 6 nitrogen and oxygen atoms in total. The van der Waals surface area contributed by atoms with Crippen molar-refractivity contribution in [1.82, 2.24) is 10.3 Å². The molecule has 0 unspecified atom stereocenters. The molecule has 0 aliphatic carbocycles. The topological polar surface area (TPSA) is 77.5 Å². The van der Waals surface area contributed by atoms with E-state index in [0.29, 0.717) is 27.5 Å². The quantitative estimate of drug-likeness (QED) is 0.808. The number of ether oxygens (including phenoxy) is 2. The predicted octanol–water partition coefficient (Wildman–Crippen LogP) is 3.28. The molecule has 136 valence electrons. The van der Waals surface area contributed by atoms with Gasteiger partial charge in [0.25, 0.3) is 0 Å². The maximum Gasteiger partial charge on any atom is 0.337 e. The summed E-state index contributed by atoms with van der Waals surface area (Å²) in [5.74, 6) is -1.51. The van der Waals surface area contributed by atoms with Gasteiger partial charge in [0.15, 0.2) is 0 Å². The Morgan fingerprint density at radius 1 is 1.04 bits per heavy atom. The lowest BCUT2D eigenvalue weighted by Gasteiger charge is -2.29. The van der Waals surface area contributed by atoms with Crippen molar-refractivity contribution in [2.45, 2.75) is 59.7 Å². The number of aromatic nitrogens is 1. The molecule has 1 aliphatic heterocycles. The molecule has 0 saturated heterocycles. The first-order valence-corrected chi connectivity index (χ1v) is 9.10. The van der Waals surface area contributed by atoms with Gasteiger partial charge in [-0.3, -0.25) is 0 Å². The second kappa shape index (κ2) is 7.82. The first-order valence-electron chi connectivity index (χ1n) is 8.22. The third-order valence-electron chi connectivity index (χ3n) is 3.58. The third-order valence-corrected chi connectivity index (χ3v) is 4.42. The summed E-state index contributed by atoms with van der Waals surface area (Å²) >= 11 is 1.39. The van der Waals surface area contributed by atoms with E-state index < -0.39 is 17.9 Å². The Morgan fingerprint density at radius 3 is 1.88 bits per heavy atom. The van der Waals surface area contributed by atoms with E-state index in [2.05, 4.69) is 10.3 Å². The smallest absolute Gasteiger partial charge is 0.337 e. The fourth-order valence-corrected chi connectivity index (χ4v) is 3.47. The highest BCUT2D eigenvalue weighted by atomic mass is 32.1. The SMILES string of the molecule is CC1=C(C(=O)OC(C)C)C(c2nccs2)C(C(=O)OC(C)C)=C(C)N1. The zero-order chi connectivity index (χ0) is 18.7. The molecular weight excluding hydrogens is 340 g/mol. The number of nitrogens with zero attached hydrogens (tertiary/aromatic N) is 1. The lowest BCUT2D eigenvalue weighted by atomic mass is 9.85. The van der Waals surface area contributed by atoms with Crippen LogP contribution in [0.4, 0.5) is 0 Å². The normalized spacial score (nSPS) is 15.7. The average molecular weight is 364 g/mol. The molecule has 1 aromatic heterocycles. The van der Waals surface area contributed by atoms with E-state index in [9.17, 15) is 9.59 Å². The van der Waals surface area contributed by atoms with E-state index in [1.807, 2.05) is 5.38 Å². The Bertz CT molecular complexity index is 673. The summed E-state index contributed by atoms with van der Waals surface area (Å²) in [7, 11) is 0. The van der Waals surface area contributed by atoms with Gasteiger partial charge in [-0.15, -0.1) is 11.3 Å². The van der Waals surface area contributed by atoms with Gasteiger partial charge in [0.1, 0.15) is 5.01 Å². The van der Waals surface area contributed by atoms with Gasteiger partial charge in [-0.05, 0) is 41.5 Å². The Morgan fingerprint density at radius 2 is 1.52 bits per heavy atom. The Labute approximate surface area is 151 Å². The van der Waals surface area contributed by atoms with Gasteiger partial charge in [-0.25, -0.2) is 14.6 Å². The maximum absolute atomic E-state index is 12.7. The summed E-state index contributed by atoms with van der Waals surface area (Å²) in [4.78, 5) is 29.7. The number of esters is 2. The molecule has 7 heteroatoms. The zero-order valence-electron chi connectivity index (χ0n) is 15.4. The van der Waals surface area contributed by atoms with E-state index in [1.54, 1.807) is 47.7 Å². The van der Waals surface area contributed by atoms with Gasteiger partial charge >= 0.3 is 11.9 Å². The van der Waals surface area contributed by atoms with Crippen LogP contribution in [-0.2, 0) is 19.1 Å². The molecule has 2 rings (SSSR count). The standard InChI is InChI=1S/C18H24N2O4S/c1-9(2)23-17(21)13-11(5)20-12(6)14(18(22)24-10(3)4)15(13)16-19-7-8-25-16/h7-10,15,20H,1-6H3. The van der Waals surface area contributed by atoms with E-state index in [0.717, 1.165) is 0 Å². The van der Waals surface area contributed by atoms with E-state index in [4.69, 9.17) is 9.47 Å². The van der Waals surface area contributed by atoms with E-state index in [-0.39, 0.29) is 12.2 Å². The van der Waals surface area contributed by atoms with Crippen LogP contribution in [0.15, 0.2) is 34.1 Å². The fraction of sp³-hybridized carbons (Fsp3) is 0.500. The molecule has 0 radical (unpaired) electrons. The lowest BCUT2D eigenvalue weighted by Crippen LogP contribution is -2.33. The van der Waals surface area contributed by atoms with Gasteiger partial charge in [0.05, 0.1) is 29.3 Å². The molecule has 0 aromatic carbocycles. The summed E-state index contributed by atoms with van der Waals surface area (Å²) in [5, 5.41) is 5.59. The number of carbonyl (C=O) groups is 2. The van der Waals surface area contributed by atoms with Gasteiger partial charge in [0.2, 0.25) is 0 Å². The molecule has 0 saturated carbocycles. The van der Waals surface area contributed by atoms with Crippen molar-refractivity contribution in [2.24, 2.45) is 0 Å². The number of hydrogen-bond acceptors (Lipinski definition) is 7. The lowest BCUT2D eigenvalue weighted by molar-refractivity contribution is -0.143. The highest BCUT2D eigenvalue weighted by Gasteiger charge is 2.39. The molecule has 0 atom stereocenters. The number of carbonyl (C=O) groups excluding carboxylic acids is 2. The van der Waals surface area contributed by atoms with Crippen LogP contribution in [0.5, 0.6) is 0 Å². The van der Waals surface area contributed by atoms with Crippen molar-refractivity contribution >= 4 is 23.3 Å². The predicted molar refractivity (Wildman–Crippen MR) is 95.8 cm³/mol. The molecule has 0 fully saturated rings. The minimum Gasteiger partial charge on any atom is -0.460 e. The van der Waals surface area contributed by atoms with Crippen LogP contribution in [-0.4, -0.2) is 29.1 Å². The Balaban J connectivity index is 2.53. The molecule has 2 heterocycles. The van der Waals surface area contributed by atoms with Crippen molar-refractivity contribution in [3.05, 3.63) is 39.1 Å². The minimum absolute atomic E-state index is 0.261. The van der Waals surface area contributed by atoms with Crippen LogP contribution in [0.1, 0.15) is 52.5 Å². The van der Waals surface area contributed by atoms with Crippen LogP contribution < -0.4 is 5.32 Å². The maximum atomic E-state index is 12.7. The number of dihydropyridines is 1. The second-order valence-corrected chi connectivity index (χ2v) is 7.34. The van der Waals surface area contributed by atoms with Gasteiger partial charge < -0.3 is 14.8 Å². The number of thiazole rings is 1. The largest absolute Gasteiger partial charge is 0.460 e. The van der Waals surface area contributed by atoms with Crippen LogP contribution >= 0.6 is 11.3 Å². The van der Waals surface area contributed by atoms with Crippen LogP contribution in [0, 0.1) is 0 Å². The number of allylic oxidation sites excluding steroid dienone is 2. The molecule has 1 aromatic rings. The summed E-state index contributed by atoms with van der Waals surface area (Å²) in [6.07, 6.45) is 1.13. The molecule has 1 aliphatic rings. The second-order valence-electron chi connectivity index (χ2n) is 6.41. The summed E-state index contributed by atoms with van der Waals surface area (Å²) in [6, 6.07) is 0. The van der Waals surface area contributed by atoms with Crippen LogP contribution in [0.25, 0.3) is 0 Å². The van der Waals surface area contributed by atoms with E-state index in [1.165, 1.54) is 11.3 Å². The molecule has 0 amide bonds. The summed E-state index contributed by atoms with van der Waals surface area (Å²) < 4.78 is 10.8. The van der Waals surface area contributed by atoms with Crippen molar-refractivity contribution in [3.8, 4) is 0 Å². The highest BCUT2D eigenvalue weighted by molar-refractivity contribution is 7.09. The van der Waals surface area contributed by atoms with Crippen molar-refractivity contribution in [2.75, 3.05) is 0 Å². The monoisotopic (exact) mass is 364 g/mol. The third kappa shape index (κ3) is 4.28. The highest BCUT2D eigenvalue weighted by Crippen LogP contribution is 2.40. The van der Waals surface area contributed by atoms with Crippen molar-refractivity contribution in [1.29, 1.82) is 0 Å². The first-order chi connectivity index (χ1) is 11.7. The first kappa shape index (κ1) is 19.2. The van der Waals surface area contributed by atoms with Crippen LogP contribution in [0.3, 0.4) is 0 Å². The summed E-state index contributed by atoms with van der Waals surface area (Å²) in [6.45, 7) is 10.8. The van der Waals surface area contributed by atoms with Gasteiger partial charge in [-0.1, -0.05) is 0 Å². The molecule has 1 N–H and O–H groups in total. The number of hydrogen-bond donors (Lipinski definition) is 1. The molecular formula is C18H24N2O4S. The van der Waals surface area contributed by atoms with Crippen molar-refractivity contribution < 1.29 is 19.1 Å². The average Bonchev–Trinajstić information content (AvgIpc) is 2.98. The summed E-state index contributed by atoms with van der Waals surface area (Å²) in [5.41, 5.74) is 2.10. The molecule has 25 heavy (non-hydrogen) atoms. The number of nitrogens with one attached hydrogen (secondary N) is 1.